The van der Waals surface area contributed by atoms with Gasteiger partial charge in [0.15, 0.2) is 6.10 Å². The summed E-state index contributed by atoms with van der Waals surface area (Å²) in [6, 6.07) is 19.7. The highest BCUT2D eigenvalue weighted by molar-refractivity contribution is 9.10. The molecule has 2 fully saturated rings. The summed E-state index contributed by atoms with van der Waals surface area (Å²) in [5.41, 5.74) is 5.04. The molecule has 8 heteroatoms. The average Bonchev–Trinajstić information content (AvgIpc) is 3.25. The minimum absolute atomic E-state index is 0.121. The van der Waals surface area contributed by atoms with E-state index in [0.717, 1.165) is 34.9 Å². The standard InChI is InChI=1S/C36H33BrN2O5/c1-19-5-8-24(9-6-19)33(40)22(4)44-36(43)30-18-31(38-32-21(3)16-25(37)17-28(30)32)23-10-12-26(13-11-23)39-34(41)27-14-7-20(2)15-29(27)35(39)42/h5-6,8-13,16-18,20,22,27,29H,7,14-15H2,1-4H3. The molecule has 3 aromatic carbocycles. The van der Waals surface area contributed by atoms with Crippen molar-refractivity contribution >= 4 is 56.1 Å². The third-order valence-corrected chi connectivity index (χ3v) is 9.34. The summed E-state index contributed by atoms with van der Waals surface area (Å²) in [6.07, 6.45) is 1.45. The lowest BCUT2D eigenvalue weighted by atomic mass is 9.76. The number of aromatic nitrogens is 1. The number of aryl methyl sites for hydroxylation is 2. The highest BCUT2D eigenvalue weighted by atomic mass is 79.9. The Morgan fingerprint density at radius 1 is 0.932 bits per heavy atom. The first-order valence-corrected chi connectivity index (χ1v) is 15.7. The summed E-state index contributed by atoms with van der Waals surface area (Å²) in [5.74, 6) is -1.22. The molecule has 4 unspecified atom stereocenters. The highest BCUT2D eigenvalue weighted by Crippen LogP contribution is 2.42. The zero-order valence-electron chi connectivity index (χ0n) is 25.1. The van der Waals surface area contributed by atoms with E-state index < -0.39 is 12.1 Å². The Morgan fingerprint density at radius 3 is 2.32 bits per heavy atom. The minimum atomic E-state index is -0.994. The van der Waals surface area contributed by atoms with E-state index in [0.29, 0.717) is 39.3 Å². The summed E-state index contributed by atoms with van der Waals surface area (Å²) in [5, 5.41) is 0.599. The fourth-order valence-corrected chi connectivity index (χ4v) is 7.00. The largest absolute Gasteiger partial charge is 0.451 e. The van der Waals surface area contributed by atoms with Crippen LogP contribution in [0.1, 0.15) is 65.0 Å². The SMILES string of the molecule is Cc1ccc(C(=O)C(C)OC(=O)c2cc(-c3ccc(N4C(=O)C5CCC(C)CC5C4=O)cc3)nc3c(C)cc(Br)cc23)cc1. The van der Waals surface area contributed by atoms with Crippen molar-refractivity contribution in [1.29, 1.82) is 0 Å². The smallest absolute Gasteiger partial charge is 0.339 e. The van der Waals surface area contributed by atoms with Crippen LogP contribution in [0.4, 0.5) is 5.69 Å². The van der Waals surface area contributed by atoms with Gasteiger partial charge in [-0.2, -0.15) is 0 Å². The molecule has 1 saturated carbocycles. The first-order chi connectivity index (χ1) is 21.0. The number of carbonyl (C=O) groups is 4. The van der Waals surface area contributed by atoms with Crippen LogP contribution in [-0.4, -0.2) is 34.7 Å². The van der Waals surface area contributed by atoms with Gasteiger partial charge in [0.1, 0.15) is 0 Å². The maximum atomic E-state index is 13.6. The molecule has 1 aliphatic heterocycles. The number of fused-ring (bicyclic) bond motifs is 2. The number of carbonyl (C=O) groups excluding carboxylic acids is 4. The normalized spacial score (nSPS) is 20.5. The van der Waals surface area contributed by atoms with E-state index in [1.54, 1.807) is 37.3 Å². The number of esters is 1. The van der Waals surface area contributed by atoms with Gasteiger partial charge in [0.25, 0.3) is 0 Å². The lowest BCUT2D eigenvalue weighted by molar-refractivity contribution is -0.122. The third kappa shape index (κ3) is 5.47. The first-order valence-electron chi connectivity index (χ1n) is 14.9. The Balaban J connectivity index is 1.32. The molecule has 1 aliphatic carbocycles. The fraction of sp³-hybridized carbons (Fsp3) is 0.306. The second kappa shape index (κ2) is 11.7. The molecule has 1 aromatic heterocycles. The molecule has 0 bridgehead atoms. The van der Waals surface area contributed by atoms with Crippen molar-refractivity contribution in [3.8, 4) is 11.3 Å². The van der Waals surface area contributed by atoms with Crippen LogP contribution in [0, 0.1) is 31.6 Å². The van der Waals surface area contributed by atoms with Gasteiger partial charge in [-0.1, -0.05) is 64.8 Å². The number of benzene rings is 3. The van der Waals surface area contributed by atoms with Crippen molar-refractivity contribution in [3.63, 3.8) is 0 Å². The molecule has 7 nitrogen and oxygen atoms in total. The summed E-state index contributed by atoms with van der Waals surface area (Å²) in [7, 11) is 0. The Morgan fingerprint density at radius 2 is 1.61 bits per heavy atom. The maximum Gasteiger partial charge on any atom is 0.339 e. The molecule has 2 amide bonds. The van der Waals surface area contributed by atoms with E-state index in [9.17, 15) is 19.2 Å². The number of ether oxygens (including phenoxy) is 1. The van der Waals surface area contributed by atoms with E-state index in [2.05, 4.69) is 22.9 Å². The van der Waals surface area contributed by atoms with Gasteiger partial charge in [0.05, 0.1) is 34.3 Å². The number of hydrogen-bond acceptors (Lipinski definition) is 6. The first kappa shape index (κ1) is 29.9. The molecule has 2 heterocycles. The third-order valence-electron chi connectivity index (χ3n) is 8.89. The quantitative estimate of drug-likeness (QED) is 0.121. The predicted octanol–water partition coefficient (Wildman–Crippen LogP) is 7.63. The molecule has 44 heavy (non-hydrogen) atoms. The zero-order chi connectivity index (χ0) is 31.3. The number of nitrogens with zero attached hydrogens (tertiary/aromatic N) is 2. The number of rotatable bonds is 6. The molecule has 0 N–H and O–H groups in total. The molecular formula is C36H33BrN2O5. The van der Waals surface area contributed by atoms with E-state index in [4.69, 9.17) is 9.72 Å². The van der Waals surface area contributed by atoms with Gasteiger partial charge in [-0.3, -0.25) is 19.3 Å². The summed E-state index contributed by atoms with van der Waals surface area (Å²) in [6.45, 7) is 7.56. The Hall–Kier alpha value is -4.17. The van der Waals surface area contributed by atoms with Crippen molar-refractivity contribution in [2.45, 2.75) is 53.1 Å². The molecule has 2 aliphatic rings. The second-order valence-electron chi connectivity index (χ2n) is 12.1. The highest BCUT2D eigenvalue weighted by Gasteiger charge is 2.49. The van der Waals surface area contributed by atoms with Crippen molar-refractivity contribution in [2.75, 3.05) is 4.90 Å². The average molecular weight is 654 g/mol. The van der Waals surface area contributed by atoms with Gasteiger partial charge in [0, 0.05) is 21.0 Å². The van der Waals surface area contributed by atoms with Gasteiger partial charge >= 0.3 is 5.97 Å². The monoisotopic (exact) mass is 652 g/mol. The number of anilines is 1. The molecule has 1 saturated heterocycles. The van der Waals surface area contributed by atoms with Crippen molar-refractivity contribution in [1.82, 2.24) is 4.98 Å². The van der Waals surface area contributed by atoms with Crippen molar-refractivity contribution in [3.05, 3.63) is 93.5 Å². The number of imide groups is 1. The van der Waals surface area contributed by atoms with E-state index in [1.165, 1.54) is 4.90 Å². The van der Waals surface area contributed by atoms with E-state index >= 15 is 0 Å². The number of ketones is 1. The van der Waals surface area contributed by atoms with E-state index in [1.807, 2.05) is 50.2 Å². The number of amides is 2. The van der Waals surface area contributed by atoms with Gasteiger partial charge in [-0.05, 0) is 81.8 Å². The van der Waals surface area contributed by atoms with Crippen LogP contribution in [-0.2, 0) is 14.3 Å². The predicted molar refractivity (Wildman–Crippen MR) is 172 cm³/mol. The number of Topliss-reactive ketones (excluding diaryl/α,β-unsaturated/α-hetero) is 1. The lowest BCUT2D eigenvalue weighted by Gasteiger charge is -2.25. The topological polar surface area (TPSA) is 93.6 Å². The Labute approximate surface area is 264 Å². The molecular weight excluding hydrogens is 620 g/mol. The van der Waals surface area contributed by atoms with Crippen molar-refractivity contribution < 1.29 is 23.9 Å². The summed E-state index contributed by atoms with van der Waals surface area (Å²) >= 11 is 3.52. The van der Waals surface area contributed by atoms with Gasteiger partial charge < -0.3 is 4.74 Å². The van der Waals surface area contributed by atoms with Crippen LogP contribution >= 0.6 is 15.9 Å². The van der Waals surface area contributed by atoms with Crippen LogP contribution < -0.4 is 4.90 Å². The molecule has 4 atom stereocenters. The summed E-state index contributed by atoms with van der Waals surface area (Å²) < 4.78 is 6.50. The lowest BCUT2D eigenvalue weighted by Crippen LogP contribution is -2.30. The Bertz CT molecular complexity index is 1820. The van der Waals surface area contributed by atoms with Crippen LogP contribution in [0.3, 0.4) is 0 Å². The number of hydrogen-bond donors (Lipinski definition) is 0. The van der Waals surface area contributed by atoms with E-state index in [-0.39, 0.29) is 35.0 Å². The van der Waals surface area contributed by atoms with Crippen LogP contribution in [0.25, 0.3) is 22.2 Å². The fourth-order valence-electron chi connectivity index (χ4n) is 6.43. The van der Waals surface area contributed by atoms with Crippen LogP contribution in [0.5, 0.6) is 0 Å². The second-order valence-corrected chi connectivity index (χ2v) is 13.1. The maximum absolute atomic E-state index is 13.6. The zero-order valence-corrected chi connectivity index (χ0v) is 26.7. The van der Waals surface area contributed by atoms with Gasteiger partial charge in [0.2, 0.25) is 17.6 Å². The minimum Gasteiger partial charge on any atom is -0.451 e. The Kier molecular flexibility index (Phi) is 7.97. The molecule has 0 radical (unpaired) electrons. The van der Waals surface area contributed by atoms with Crippen LogP contribution in [0.2, 0.25) is 0 Å². The van der Waals surface area contributed by atoms with Gasteiger partial charge in [-0.15, -0.1) is 0 Å². The number of pyridine rings is 1. The molecule has 0 spiro atoms. The van der Waals surface area contributed by atoms with Crippen molar-refractivity contribution in [2.24, 2.45) is 17.8 Å². The van der Waals surface area contributed by atoms with Gasteiger partial charge in [-0.25, -0.2) is 9.78 Å². The molecule has 4 aromatic rings. The summed E-state index contributed by atoms with van der Waals surface area (Å²) in [4.78, 5) is 59.3. The molecule has 224 valence electrons. The van der Waals surface area contributed by atoms with Crippen LogP contribution in [0.15, 0.2) is 71.2 Å². The number of halogens is 1. The molecule has 6 rings (SSSR count).